The Morgan fingerprint density at radius 1 is 1.08 bits per heavy atom. The third-order valence-electron chi connectivity index (χ3n) is 1.08. The molecule has 1 heterocycles. The average Bonchev–Trinajstić information content (AvgIpc) is 1.79. The molecule has 5 nitrogen and oxygen atoms in total. The fourth-order valence-corrected chi connectivity index (χ4v) is 0.319. The van der Waals surface area contributed by atoms with E-state index in [0.717, 1.165) is 0 Å². The van der Waals surface area contributed by atoms with E-state index in [0.29, 0.717) is 12.2 Å². The van der Waals surface area contributed by atoms with E-state index >= 15 is 0 Å². The Kier molecular flexibility index (Phi) is 5.64. The van der Waals surface area contributed by atoms with Gasteiger partial charge in [0.05, 0.1) is 0 Å². The van der Waals surface area contributed by atoms with E-state index in [1.54, 1.807) is 0 Å². The van der Waals surface area contributed by atoms with Gasteiger partial charge in [0.2, 0.25) is 0 Å². The minimum absolute atomic E-state index is 0.558. The summed E-state index contributed by atoms with van der Waals surface area (Å²) in [5, 5.41) is 18.7. The predicted molar refractivity (Wildman–Crippen MR) is 41.9 cm³/mol. The molecule has 0 aliphatic carbocycles. The van der Waals surface area contributed by atoms with Crippen LogP contribution in [0.1, 0.15) is 6.42 Å². The molecule has 68 valence electrons. The first kappa shape index (κ1) is 10.6. The highest BCUT2D eigenvalue weighted by Gasteiger charge is 1.92. The van der Waals surface area contributed by atoms with Crippen molar-refractivity contribution >= 4 is 11.9 Å². The Morgan fingerprint density at radius 2 is 1.33 bits per heavy atom. The second-order valence-corrected chi connectivity index (χ2v) is 2.11. The second kappa shape index (κ2) is 6.36. The van der Waals surface area contributed by atoms with Gasteiger partial charge >= 0.3 is 11.9 Å². The molecule has 0 saturated carbocycles. The molecule has 1 rings (SSSR count). The topological polar surface area (TPSA) is 86.6 Å². The maximum atomic E-state index is 9.55. The molecule has 5 heteroatoms. The summed E-state index contributed by atoms with van der Waals surface area (Å²) in [5.74, 6) is -2.51. The zero-order valence-corrected chi connectivity index (χ0v) is 6.49. The standard InChI is InChI=1S/C4H4O4.C3H7N/c5-3(6)1-2-4(7)8;1-2-4-3-1/h1-2H,(H,5,6)(H,7,8);4H,1-3H2. The zero-order valence-electron chi connectivity index (χ0n) is 6.49. The van der Waals surface area contributed by atoms with Crippen molar-refractivity contribution in [3.05, 3.63) is 12.2 Å². The molecule has 0 aromatic heterocycles. The summed E-state index contributed by atoms with van der Waals surface area (Å²) in [7, 11) is 0. The van der Waals surface area contributed by atoms with E-state index in [1.165, 1.54) is 19.5 Å². The fraction of sp³-hybridized carbons (Fsp3) is 0.429. The van der Waals surface area contributed by atoms with Gasteiger partial charge in [-0.3, -0.25) is 0 Å². The zero-order chi connectivity index (χ0) is 9.40. The van der Waals surface area contributed by atoms with Gasteiger partial charge in [0.15, 0.2) is 0 Å². The third kappa shape index (κ3) is 8.64. The van der Waals surface area contributed by atoms with Crippen molar-refractivity contribution in [2.75, 3.05) is 13.1 Å². The minimum atomic E-state index is -1.26. The molecule has 1 fully saturated rings. The first-order valence-electron chi connectivity index (χ1n) is 3.47. The molecule has 12 heavy (non-hydrogen) atoms. The lowest BCUT2D eigenvalue weighted by atomic mass is 10.3. The van der Waals surface area contributed by atoms with Crippen molar-refractivity contribution < 1.29 is 19.8 Å². The summed E-state index contributed by atoms with van der Waals surface area (Å²) in [6.07, 6.45) is 2.50. The first-order valence-corrected chi connectivity index (χ1v) is 3.47. The largest absolute Gasteiger partial charge is 0.478 e. The van der Waals surface area contributed by atoms with Crippen LogP contribution in [0.15, 0.2) is 12.2 Å². The van der Waals surface area contributed by atoms with E-state index in [2.05, 4.69) is 5.32 Å². The van der Waals surface area contributed by atoms with Gasteiger partial charge in [-0.25, -0.2) is 9.59 Å². The van der Waals surface area contributed by atoms with E-state index in [1.807, 2.05) is 0 Å². The molecule has 3 N–H and O–H groups in total. The summed E-state index contributed by atoms with van der Waals surface area (Å²) in [6.45, 7) is 2.50. The highest BCUT2D eigenvalue weighted by Crippen LogP contribution is 1.80. The molecule has 0 radical (unpaired) electrons. The van der Waals surface area contributed by atoms with E-state index in [9.17, 15) is 9.59 Å². The molecule has 0 spiro atoms. The molecule has 1 aliphatic heterocycles. The normalized spacial score (nSPS) is 14.3. The molecular formula is C7H11NO4. The lowest BCUT2D eigenvalue weighted by molar-refractivity contribution is -0.134. The summed E-state index contributed by atoms with van der Waals surface area (Å²) in [5.41, 5.74) is 0. The average molecular weight is 173 g/mol. The highest BCUT2D eigenvalue weighted by atomic mass is 16.4. The number of carboxylic acids is 2. The van der Waals surface area contributed by atoms with Crippen molar-refractivity contribution in [2.45, 2.75) is 6.42 Å². The van der Waals surface area contributed by atoms with Crippen LogP contribution >= 0.6 is 0 Å². The summed E-state index contributed by atoms with van der Waals surface area (Å²) in [6, 6.07) is 0. The molecule has 1 aliphatic rings. The molecule has 0 amide bonds. The number of aliphatic carboxylic acids is 2. The van der Waals surface area contributed by atoms with Crippen LogP contribution < -0.4 is 5.32 Å². The Hall–Kier alpha value is -1.36. The summed E-state index contributed by atoms with van der Waals surface area (Å²) in [4.78, 5) is 19.1. The first-order chi connectivity index (χ1) is 5.63. The Labute approximate surface area is 69.7 Å². The van der Waals surface area contributed by atoms with Gasteiger partial charge in [0, 0.05) is 12.2 Å². The van der Waals surface area contributed by atoms with Gasteiger partial charge in [-0.15, -0.1) is 0 Å². The van der Waals surface area contributed by atoms with Crippen LogP contribution in [0.25, 0.3) is 0 Å². The Morgan fingerprint density at radius 3 is 1.42 bits per heavy atom. The maximum absolute atomic E-state index is 9.55. The smallest absolute Gasteiger partial charge is 0.328 e. The van der Waals surface area contributed by atoms with Gasteiger partial charge in [-0.1, -0.05) is 0 Å². The quantitative estimate of drug-likeness (QED) is 0.499. The molecule has 0 atom stereocenters. The summed E-state index contributed by atoms with van der Waals surface area (Å²) < 4.78 is 0. The molecular weight excluding hydrogens is 162 g/mol. The predicted octanol–water partition coefficient (Wildman–Crippen LogP) is -0.309. The number of carboxylic acid groups (broad SMARTS) is 2. The number of carbonyl (C=O) groups is 2. The fourth-order valence-electron chi connectivity index (χ4n) is 0.319. The van der Waals surface area contributed by atoms with E-state index in [4.69, 9.17) is 10.2 Å². The van der Waals surface area contributed by atoms with Crippen molar-refractivity contribution in [3.63, 3.8) is 0 Å². The highest BCUT2D eigenvalue weighted by molar-refractivity contribution is 5.89. The van der Waals surface area contributed by atoms with Crippen molar-refractivity contribution in [2.24, 2.45) is 0 Å². The van der Waals surface area contributed by atoms with Gasteiger partial charge in [-0.05, 0) is 19.5 Å². The Bertz CT molecular complexity index is 164. The van der Waals surface area contributed by atoms with Crippen molar-refractivity contribution in [1.82, 2.24) is 5.32 Å². The van der Waals surface area contributed by atoms with Crippen LogP contribution in [0.3, 0.4) is 0 Å². The van der Waals surface area contributed by atoms with Gasteiger partial charge in [0.1, 0.15) is 0 Å². The molecule has 1 saturated heterocycles. The van der Waals surface area contributed by atoms with Gasteiger partial charge in [0.25, 0.3) is 0 Å². The third-order valence-corrected chi connectivity index (χ3v) is 1.08. The SMILES string of the molecule is C1CNC1.O=C(O)C=CC(=O)O. The lowest BCUT2D eigenvalue weighted by Gasteiger charge is -2.09. The number of hydrogen-bond donors (Lipinski definition) is 3. The Balaban J connectivity index is 0.000000247. The van der Waals surface area contributed by atoms with E-state index in [-0.39, 0.29) is 0 Å². The summed E-state index contributed by atoms with van der Waals surface area (Å²) >= 11 is 0. The van der Waals surface area contributed by atoms with Crippen LogP contribution in [0.2, 0.25) is 0 Å². The van der Waals surface area contributed by atoms with Crippen LogP contribution in [-0.4, -0.2) is 35.2 Å². The molecule has 0 aromatic rings. The maximum Gasteiger partial charge on any atom is 0.328 e. The van der Waals surface area contributed by atoms with Crippen LogP contribution in [0.4, 0.5) is 0 Å². The van der Waals surface area contributed by atoms with Gasteiger partial charge < -0.3 is 15.5 Å². The second-order valence-electron chi connectivity index (χ2n) is 2.11. The number of rotatable bonds is 2. The molecule has 0 unspecified atom stereocenters. The van der Waals surface area contributed by atoms with Crippen molar-refractivity contribution in [1.29, 1.82) is 0 Å². The molecule has 0 aromatic carbocycles. The number of hydrogen-bond acceptors (Lipinski definition) is 3. The lowest BCUT2D eigenvalue weighted by Crippen LogP contribution is -2.29. The molecule has 0 bridgehead atoms. The minimum Gasteiger partial charge on any atom is -0.478 e. The van der Waals surface area contributed by atoms with Crippen LogP contribution in [0.5, 0.6) is 0 Å². The monoisotopic (exact) mass is 173 g/mol. The van der Waals surface area contributed by atoms with Crippen molar-refractivity contribution in [3.8, 4) is 0 Å². The van der Waals surface area contributed by atoms with E-state index < -0.39 is 11.9 Å². The van der Waals surface area contributed by atoms with Crippen LogP contribution in [-0.2, 0) is 9.59 Å². The van der Waals surface area contributed by atoms with Gasteiger partial charge in [-0.2, -0.15) is 0 Å². The number of nitrogens with one attached hydrogen (secondary N) is 1. The van der Waals surface area contributed by atoms with Crippen LogP contribution in [0, 0.1) is 0 Å².